The van der Waals surface area contributed by atoms with Crippen LogP contribution < -0.4 is 15.4 Å². The van der Waals surface area contributed by atoms with Crippen LogP contribution in [0.25, 0.3) is 0 Å². The lowest BCUT2D eigenvalue weighted by atomic mass is 10.2. The molecule has 0 radical (unpaired) electrons. The van der Waals surface area contributed by atoms with Crippen molar-refractivity contribution >= 4 is 5.91 Å². The number of nitrogens with one attached hydrogen (secondary N) is 2. The molecule has 106 valence electrons. The zero-order valence-electron chi connectivity index (χ0n) is 11.6. The molecule has 0 bridgehead atoms. The second-order valence-electron chi connectivity index (χ2n) is 3.95. The first-order valence-electron chi connectivity index (χ1n) is 6.49. The number of methoxy groups -OCH3 is 1. The number of likely N-dealkylation sites (N-methyl/N-ethyl adjacent to an activating group) is 1. The first kappa shape index (κ1) is 15.5. The second-order valence-corrected chi connectivity index (χ2v) is 3.95. The maximum absolute atomic E-state index is 12.0. The average molecular weight is 266 g/mol. The van der Waals surface area contributed by atoms with Crippen molar-refractivity contribution in [3.63, 3.8) is 0 Å². The SMILES string of the molecule is CCNCCNC(=O)c1ccccc1OCCOC. The molecule has 5 heteroatoms. The summed E-state index contributed by atoms with van der Waals surface area (Å²) >= 11 is 0. The molecule has 0 saturated carbocycles. The summed E-state index contributed by atoms with van der Waals surface area (Å²) in [4.78, 5) is 12.0. The second kappa shape index (κ2) is 9.35. The predicted molar refractivity (Wildman–Crippen MR) is 74.7 cm³/mol. The van der Waals surface area contributed by atoms with Crippen molar-refractivity contribution in [2.75, 3.05) is 40.0 Å². The Morgan fingerprint density at radius 2 is 2.00 bits per heavy atom. The number of hydrogen-bond acceptors (Lipinski definition) is 4. The Morgan fingerprint density at radius 3 is 2.74 bits per heavy atom. The van der Waals surface area contributed by atoms with Crippen molar-refractivity contribution in [1.82, 2.24) is 10.6 Å². The highest BCUT2D eigenvalue weighted by Gasteiger charge is 2.11. The van der Waals surface area contributed by atoms with Gasteiger partial charge in [0.05, 0.1) is 12.2 Å². The van der Waals surface area contributed by atoms with Gasteiger partial charge in [-0.25, -0.2) is 0 Å². The molecule has 2 N–H and O–H groups in total. The van der Waals surface area contributed by atoms with Gasteiger partial charge in [0.15, 0.2) is 0 Å². The average Bonchev–Trinajstić information content (AvgIpc) is 2.44. The highest BCUT2D eigenvalue weighted by molar-refractivity contribution is 5.96. The maximum atomic E-state index is 12.0. The summed E-state index contributed by atoms with van der Waals surface area (Å²) in [5, 5.41) is 6.00. The molecular formula is C14H22N2O3. The van der Waals surface area contributed by atoms with Crippen LogP contribution >= 0.6 is 0 Å². The third-order valence-corrected chi connectivity index (χ3v) is 2.51. The number of para-hydroxylation sites is 1. The topological polar surface area (TPSA) is 59.6 Å². The van der Waals surface area contributed by atoms with E-state index in [0.717, 1.165) is 13.1 Å². The van der Waals surface area contributed by atoms with Gasteiger partial charge in [0.25, 0.3) is 5.91 Å². The van der Waals surface area contributed by atoms with Gasteiger partial charge in [-0.05, 0) is 18.7 Å². The summed E-state index contributed by atoms with van der Waals surface area (Å²) in [7, 11) is 1.61. The Kier molecular flexibility index (Phi) is 7.62. The van der Waals surface area contributed by atoms with Crippen LogP contribution in [0.15, 0.2) is 24.3 Å². The zero-order chi connectivity index (χ0) is 13.9. The van der Waals surface area contributed by atoms with E-state index < -0.39 is 0 Å². The standard InChI is InChI=1S/C14H22N2O3/c1-3-15-8-9-16-14(17)12-6-4-5-7-13(12)19-11-10-18-2/h4-7,15H,3,8-11H2,1-2H3,(H,16,17). The minimum absolute atomic E-state index is 0.120. The van der Waals surface area contributed by atoms with Gasteiger partial charge in [0.1, 0.15) is 12.4 Å². The summed E-state index contributed by atoms with van der Waals surface area (Å²) in [6.45, 7) is 5.20. The van der Waals surface area contributed by atoms with Gasteiger partial charge < -0.3 is 20.1 Å². The van der Waals surface area contributed by atoms with E-state index >= 15 is 0 Å². The third kappa shape index (κ3) is 5.72. The normalized spacial score (nSPS) is 10.2. The lowest BCUT2D eigenvalue weighted by Gasteiger charge is -2.11. The summed E-state index contributed by atoms with van der Waals surface area (Å²) < 4.78 is 10.4. The van der Waals surface area contributed by atoms with Gasteiger partial charge in [0, 0.05) is 20.2 Å². The Balaban J connectivity index is 2.52. The molecule has 0 aliphatic carbocycles. The van der Waals surface area contributed by atoms with E-state index in [9.17, 15) is 4.79 Å². The van der Waals surface area contributed by atoms with E-state index in [2.05, 4.69) is 10.6 Å². The molecule has 0 aliphatic heterocycles. The molecule has 19 heavy (non-hydrogen) atoms. The molecule has 0 heterocycles. The highest BCUT2D eigenvalue weighted by atomic mass is 16.5. The van der Waals surface area contributed by atoms with Crippen LogP contribution in [0.1, 0.15) is 17.3 Å². The summed E-state index contributed by atoms with van der Waals surface area (Å²) in [6.07, 6.45) is 0. The van der Waals surface area contributed by atoms with Gasteiger partial charge in [-0.15, -0.1) is 0 Å². The monoisotopic (exact) mass is 266 g/mol. The van der Waals surface area contributed by atoms with Gasteiger partial charge in [-0.1, -0.05) is 19.1 Å². The van der Waals surface area contributed by atoms with Crippen molar-refractivity contribution in [2.45, 2.75) is 6.92 Å². The molecule has 1 rings (SSSR count). The Bertz CT molecular complexity index is 383. The molecular weight excluding hydrogens is 244 g/mol. The van der Waals surface area contributed by atoms with Gasteiger partial charge in [-0.3, -0.25) is 4.79 Å². The van der Waals surface area contributed by atoms with E-state index in [4.69, 9.17) is 9.47 Å². The molecule has 0 aliphatic rings. The van der Waals surface area contributed by atoms with Crippen LogP contribution in [-0.2, 0) is 4.74 Å². The molecule has 1 aromatic carbocycles. The molecule has 0 atom stereocenters. The van der Waals surface area contributed by atoms with Crippen molar-refractivity contribution in [2.24, 2.45) is 0 Å². The fourth-order valence-electron chi connectivity index (χ4n) is 1.55. The van der Waals surface area contributed by atoms with Gasteiger partial charge >= 0.3 is 0 Å². The predicted octanol–water partition coefficient (Wildman–Crippen LogP) is 1.05. The summed E-state index contributed by atoms with van der Waals surface area (Å²) in [5.41, 5.74) is 0.551. The lowest BCUT2D eigenvalue weighted by molar-refractivity contribution is 0.0946. The third-order valence-electron chi connectivity index (χ3n) is 2.51. The minimum atomic E-state index is -0.120. The molecule has 0 fully saturated rings. The maximum Gasteiger partial charge on any atom is 0.255 e. The molecule has 5 nitrogen and oxygen atoms in total. The van der Waals surface area contributed by atoms with Crippen LogP contribution in [0.3, 0.4) is 0 Å². The van der Waals surface area contributed by atoms with Crippen LogP contribution in [0.4, 0.5) is 0 Å². The van der Waals surface area contributed by atoms with Crippen molar-refractivity contribution < 1.29 is 14.3 Å². The fourth-order valence-corrected chi connectivity index (χ4v) is 1.55. The minimum Gasteiger partial charge on any atom is -0.490 e. The van der Waals surface area contributed by atoms with Crippen molar-refractivity contribution in [1.29, 1.82) is 0 Å². The Labute approximate surface area is 114 Å². The van der Waals surface area contributed by atoms with E-state index in [1.165, 1.54) is 0 Å². The molecule has 0 unspecified atom stereocenters. The molecule has 0 aromatic heterocycles. The quantitative estimate of drug-likeness (QED) is 0.656. The zero-order valence-corrected chi connectivity index (χ0v) is 11.6. The summed E-state index contributed by atoms with van der Waals surface area (Å²) in [5.74, 6) is 0.464. The van der Waals surface area contributed by atoms with Crippen LogP contribution in [0.5, 0.6) is 5.75 Å². The van der Waals surface area contributed by atoms with E-state index in [-0.39, 0.29) is 5.91 Å². The molecule has 1 aromatic rings. The fraction of sp³-hybridized carbons (Fsp3) is 0.500. The molecule has 1 amide bonds. The largest absolute Gasteiger partial charge is 0.490 e. The van der Waals surface area contributed by atoms with Crippen molar-refractivity contribution in [3.05, 3.63) is 29.8 Å². The lowest BCUT2D eigenvalue weighted by Crippen LogP contribution is -2.32. The van der Waals surface area contributed by atoms with Gasteiger partial charge in [0.2, 0.25) is 0 Å². The first-order chi connectivity index (χ1) is 9.29. The smallest absolute Gasteiger partial charge is 0.255 e. The van der Waals surface area contributed by atoms with Crippen LogP contribution in [0.2, 0.25) is 0 Å². The summed E-state index contributed by atoms with van der Waals surface area (Å²) in [6, 6.07) is 7.21. The number of carbonyl (C=O) groups is 1. The Hall–Kier alpha value is -1.59. The van der Waals surface area contributed by atoms with E-state index in [1.807, 2.05) is 19.1 Å². The van der Waals surface area contributed by atoms with Gasteiger partial charge in [-0.2, -0.15) is 0 Å². The van der Waals surface area contributed by atoms with Crippen LogP contribution in [0, 0.1) is 0 Å². The van der Waals surface area contributed by atoms with E-state index in [0.29, 0.717) is 31.1 Å². The highest BCUT2D eigenvalue weighted by Crippen LogP contribution is 2.17. The molecule has 0 saturated heterocycles. The number of hydrogen-bond donors (Lipinski definition) is 2. The first-order valence-corrected chi connectivity index (χ1v) is 6.49. The number of benzene rings is 1. The number of ether oxygens (including phenoxy) is 2. The number of rotatable bonds is 9. The van der Waals surface area contributed by atoms with Crippen LogP contribution in [-0.4, -0.2) is 45.9 Å². The van der Waals surface area contributed by atoms with Crippen molar-refractivity contribution in [3.8, 4) is 5.75 Å². The molecule has 0 spiro atoms. The number of carbonyl (C=O) groups excluding carboxylic acids is 1. The van der Waals surface area contributed by atoms with E-state index in [1.54, 1.807) is 19.2 Å². The Morgan fingerprint density at radius 1 is 1.21 bits per heavy atom. The number of amides is 1.